The Labute approximate surface area is 148 Å². The van der Waals surface area contributed by atoms with E-state index in [1.54, 1.807) is 42.5 Å². The first-order chi connectivity index (χ1) is 12.2. The monoisotopic (exact) mass is 349 g/mol. The van der Waals surface area contributed by atoms with E-state index < -0.39 is 0 Å². The third kappa shape index (κ3) is 2.65. The number of nitrogens with zero attached hydrogens (tertiary/aromatic N) is 1. The SMILES string of the molecule is NCCc1csc(Nc2cccc3c2C(=O)c2ccccc2C3=O)n1. The van der Waals surface area contributed by atoms with Crippen LogP contribution in [0.15, 0.2) is 47.8 Å². The van der Waals surface area contributed by atoms with Crippen molar-refractivity contribution in [1.82, 2.24) is 4.98 Å². The molecule has 6 heteroatoms. The molecule has 0 unspecified atom stereocenters. The Morgan fingerprint density at radius 1 is 0.960 bits per heavy atom. The van der Waals surface area contributed by atoms with Crippen LogP contribution in [-0.4, -0.2) is 23.1 Å². The lowest BCUT2D eigenvalue weighted by molar-refractivity contribution is 0.0979. The number of ketones is 2. The van der Waals surface area contributed by atoms with Gasteiger partial charge in [-0.15, -0.1) is 11.3 Å². The van der Waals surface area contributed by atoms with Crippen molar-refractivity contribution in [2.75, 3.05) is 11.9 Å². The summed E-state index contributed by atoms with van der Waals surface area (Å²) in [6, 6.07) is 12.2. The zero-order chi connectivity index (χ0) is 17.4. The van der Waals surface area contributed by atoms with E-state index in [2.05, 4.69) is 10.3 Å². The summed E-state index contributed by atoms with van der Waals surface area (Å²) >= 11 is 1.45. The number of rotatable bonds is 4. The van der Waals surface area contributed by atoms with Crippen molar-refractivity contribution in [3.05, 3.63) is 75.8 Å². The van der Waals surface area contributed by atoms with Crippen molar-refractivity contribution in [3.8, 4) is 0 Å². The molecular formula is C19H15N3O2S. The fraction of sp³-hybridized carbons (Fsp3) is 0.105. The van der Waals surface area contributed by atoms with Gasteiger partial charge in [0.2, 0.25) is 0 Å². The van der Waals surface area contributed by atoms with E-state index in [-0.39, 0.29) is 11.6 Å². The van der Waals surface area contributed by atoms with Crippen LogP contribution in [0.5, 0.6) is 0 Å². The predicted molar refractivity (Wildman–Crippen MR) is 97.9 cm³/mol. The highest BCUT2D eigenvalue weighted by Crippen LogP contribution is 2.33. The van der Waals surface area contributed by atoms with Crippen LogP contribution in [0.3, 0.4) is 0 Å². The molecule has 0 atom stereocenters. The molecule has 0 saturated carbocycles. The molecular weight excluding hydrogens is 334 g/mol. The maximum atomic E-state index is 12.9. The van der Waals surface area contributed by atoms with Crippen molar-refractivity contribution in [1.29, 1.82) is 0 Å². The van der Waals surface area contributed by atoms with Gasteiger partial charge in [0, 0.05) is 28.5 Å². The average Bonchev–Trinajstić information content (AvgIpc) is 3.07. The van der Waals surface area contributed by atoms with Gasteiger partial charge in [0.15, 0.2) is 16.7 Å². The number of carbonyl (C=O) groups excluding carboxylic acids is 2. The molecule has 0 fully saturated rings. The molecule has 4 rings (SSSR count). The van der Waals surface area contributed by atoms with Crippen LogP contribution in [0.4, 0.5) is 10.8 Å². The Balaban J connectivity index is 1.76. The number of hydrogen-bond donors (Lipinski definition) is 2. The lowest BCUT2D eigenvalue weighted by atomic mass is 9.83. The second-order valence-corrected chi connectivity index (χ2v) is 6.60. The summed E-state index contributed by atoms with van der Waals surface area (Å²) in [6.07, 6.45) is 0.704. The average molecular weight is 349 g/mol. The Morgan fingerprint density at radius 3 is 2.44 bits per heavy atom. The number of thiazole rings is 1. The van der Waals surface area contributed by atoms with Gasteiger partial charge in [-0.3, -0.25) is 9.59 Å². The molecule has 0 amide bonds. The van der Waals surface area contributed by atoms with E-state index in [1.165, 1.54) is 11.3 Å². The van der Waals surface area contributed by atoms with Crippen LogP contribution in [-0.2, 0) is 6.42 Å². The lowest BCUT2D eigenvalue weighted by Gasteiger charge is -2.20. The molecule has 1 heterocycles. The first-order valence-electron chi connectivity index (χ1n) is 7.92. The topological polar surface area (TPSA) is 85.1 Å². The van der Waals surface area contributed by atoms with Gasteiger partial charge >= 0.3 is 0 Å². The van der Waals surface area contributed by atoms with Crippen LogP contribution < -0.4 is 11.1 Å². The molecule has 25 heavy (non-hydrogen) atoms. The Kier molecular flexibility index (Phi) is 3.91. The number of hydrogen-bond acceptors (Lipinski definition) is 6. The van der Waals surface area contributed by atoms with Crippen LogP contribution in [0, 0.1) is 0 Å². The highest BCUT2D eigenvalue weighted by Gasteiger charge is 2.31. The molecule has 1 aliphatic rings. The van der Waals surface area contributed by atoms with Crippen molar-refractivity contribution in [3.63, 3.8) is 0 Å². The fourth-order valence-corrected chi connectivity index (χ4v) is 3.75. The minimum Gasteiger partial charge on any atom is -0.331 e. The minimum atomic E-state index is -0.146. The van der Waals surface area contributed by atoms with Gasteiger partial charge in [0.25, 0.3) is 0 Å². The van der Waals surface area contributed by atoms with Gasteiger partial charge < -0.3 is 11.1 Å². The normalized spacial score (nSPS) is 12.7. The maximum Gasteiger partial charge on any atom is 0.196 e. The third-order valence-electron chi connectivity index (χ3n) is 4.15. The number of aromatic nitrogens is 1. The predicted octanol–water partition coefficient (Wildman–Crippen LogP) is 3.16. The summed E-state index contributed by atoms with van der Waals surface area (Å²) in [6.45, 7) is 0.535. The number of nitrogens with one attached hydrogen (secondary N) is 1. The van der Waals surface area contributed by atoms with E-state index in [4.69, 9.17) is 5.73 Å². The molecule has 5 nitrogen and oxygen atoms in total. The summed E-state index contributed by atoms with van der Waals surface area (Å²) in [7, 11) is 0. The number of fused-ring (bicyclic) bond motifs is 2. The van der Waals surface area contributed by atoms with Crippen molar-refractivity contribution >= 4 is 33.7 Å². The van der Waals surface area contributed by atoms with Gasteiger partial charge in [0.1, 0.15) is 0 Å². The second kappa shape index (κ2) is 6.23. The maximum absolute atomic E-state index is 12.9. The van der Waals surface area contributed by atoms with Crippen molar-refractivity contribution < 1.29 is 9.59 Å². The van der Waals surface area contributed by atoms with Gasteiger partial charge in [0.05, 0.1) is 16.9 Å². The van der Waals surface area contributed by atoms with Gasteiger partial charge in [-0.2, -0.15) is 0 Å². The molecule has 124 valence electrons. The van der Waals surface area contributed by atoms with Crippen LogP contribution in [0.1, 0.15) is 37.5 Å². The summed E-state index contributed by atoms with van der Waals surface area (Å²) in [4.78, 5) is 30.2. The van der Waals surface area contributed by atoms with Gasteiger partial charge in [-0.1, -0.05) is 36.4 Å². The van der Waals surface area contributed by atoms with Crippen LogP contribution in [0.25, 0.3) is 0 Å². The molecule has 0 saturated heterocycles. The summed E-state index contributed by atoms with van der Waals surface area (Å²) in [5, 5.41) is 5.80. The minimum absolute atomic E-state index is 0.128. The number of anilines is 2. The molecule has 0 aliphatic heterocycles. The summed E-state index contributed by atoms with van der Waals surface area (Å²) in [5.74, 6) is -0.274. The Bertz CT molecular complexity index is 994. The molecule has 3 N–H and O–H groups in total. The molecule has 0 bridgehead atoms. The fourth-order valence-electron chi connectivity index (χ4n) is 2.99. The molecule has 1 aromatic heterocycles. The van der Waals surface area contributed by atoms with Crippen LogP contribution in [0.2, 0.25) is 0 Å². The highest BCUT2D eigenvalue weighted by molar-refractivity contribution is 7.13. The van der Waals surface area contributed by atoms with Crippen molar-refractivity contribution in [2.24, 2.45) is 5.73 Å². The lowest BCUT2D eigenvalue weighted by Crippen LogP contribution is -2.22. The van der Waals surface area contributed by atoms with Gasteiger partial charge in [-0.25, -0.2) is 4.98 Å². The summed E-state index contributed by atoms with van der Waals surface area (Å²) < 4.78 is 0. The van der Waals surface area contributed by atoms with E-state index in [9.17, 15) is 9.59 Å². The van der Waals surface area contributed by atoms with E-state index in [0.717, 1.165) is 5.69 Å². The standard InChI is InChI=1S/C19H15N3O2S/c20-9-8-11-10-25-19(21-11)22-15-7-3-6-14-16(15)18(24)13-5-2-1-4-12(13)17(14)23/h1-7,10H,8-9,20H2,(H,21,22). The van der Waals surface area contributed by atoms with Crippen molar-refractivity contribution in [2.45, 2.75) is 6.42 Å². The molecule has 0 spiro atoms. The number of nitrogens with two attached hydrogens (primary N) is 1. The van der Waals surface area contributed by atoms with Crippen LogP contribution >= 0.6 is 11.3 Å². The molecule has 3 aromatic rings. The quantitative estimate of drug-likeness (QED) is 0.591. The second-order valence-electron chi connectivity index (χ2n) is 5.74. The zero-order valence-corrected chi connectivity index (χ0v) is 14.1. The first kappa shape index (κ1) is 15.7. The largest absolute Gasteiger partial charge is 0.331 e. The van der Waals surface area contributed by atoms with E-state index in [0.29, 0.717) is 46.0 Å². The number of carbonyl (C=O) groups is 2. The zero-order valence-electron chi connectivity index (χ0n) is 13.3. The highest BCUT2D eigenvalue weighted by atomic mass is 32.1. The van der Waals surface area contributed by atoms with E-state index in [1.807, 2.05) is 5.38 Å². The Hall–Kier alpha value is -2.83. The third-order valence-corrected chi connectivity index (χ3v) is 4.95. The van der Waals surface area contributed by atoms with Gasteiger partial charge in [-0.05, 0) is 12.6 Å². The summed E-state index contributed by atoms with van der Waals surface area (Å²) in [5.41, 5.74) is 8.79. The van der Waals surface area contributed by atoms with E-state index >= 15 is 0 Å². The molecule has 2 aromatic carbocycles. The molecule has 1 aliphatic carbocycles. The molecule has 0 radical (unpaired) electrons. The number of benzene rings is 2. The first-order valence-corrected chi connectivity index (χ1v) is 8.80. The smallest absolute Gasteiger partial charge is 0.196 e. The Morgan fingerprint density at radius 2 is 1.68 bits per heavy atom.